The molecule has 2 heterocycles. The van der Waals surface area contributed by atoms with E-state index in [9.17, 15) is 15.0 Å². The fraction of sp³-hybridized carbons (Fsp3) is 0.471. The van der Waals surface area contributed by atoms with Crippen molar-refractivity contribution in [1.82, 2.24) is 9.47 Å². The highest BCUT2D eigenvalue weighted by atomic mass is 16.4. The first-order valence-corrected chi connectivity index (χ1v) is 7.77. The molecule has 2 N–H and O–H groups in total. The highest BCUT2D eigenvalue weighted by Gasteiger charge is 2.26. The molecule has 0 amide bonds. The van der Waals surface area contributed by atoms with Crippen LogP contribution in [0.3, 0.4) is 0 Å². The Morgan fingerprint density at radius 2 is 2.14 bits per heavy atom. The van der Waals surface area contributed by atoms with Gasteiger partial charge in [-0.15, -0.1) is 0 Å². The molecule has 0 saturated heterocycles. The molecule has 0 unspecified atom stereocenters. The van der Waals surface area contributed by atoms with E-state index in [-0.39, 0.29) is 6.61 Å². The van der Waals surface area contributed by atoms with Gasteiger partial charge in [0.05, 0.1) is 17.7 Å². The molecular weight excluding hydrogens is 280 g/mol. The second-order valence-corrected chi connectivity index (χ2v) is 5.93. The predicted molar refractivity (Wildman–Crippen MR) is 85.4 cm³/mol. The first-order chi connectivity index (χ1) is 10.6. The lowest BCUT2D eigenvalue weighted by Gasteiger charge is -2.26. The first kappa shape index (κ1) is 15.1. The van der Waals surface area contributed by atoms with Gasteiger partial charge in [0, 0.05) is 37.1 Å². The van der Waals surface area contributed by atoms with Gasteiger partial charge in [-0.05, 0) is 36.7 Å². The number of rotatable bonds is 4. The Kier molecular flexibility index (Phi) is 3.93. The Balaban J connectivity index is 2.32. The smallest absolute Gasteiger partial charge is 0.337 e. The average Bonchev–Trinajstić information content (AvgIpc) is 2.80. The molecule has 5 heteroatoms. The van der Waals surface area contributed by atoms with E-state index in [0.717, 1.165) is 42.5 Å². The van der Waals surface area contributed by atoms with E-state index >= 15 is 0 Å². The Morgan fingerprint density at radius 3 is 2.77 bits per heavy atom. The topological polar surface area (TPSA) is 65.7 Å². The Labute approximate surface area is 129 Å². The minimum absolute atomic E-state index is 0.0145. The lowest BCUT2D eigenvalue weighted by atomic mass is 10.0. The van der Waals surface area contributed by atoms with Crippen molar-refractivity contribution in [2.24, 2.45) is 0 Å². The van der Waals surface area contributed by atoms with Gasteiger partial charge in [0.1, 0.15) is 0 Å². The molecule has 0 aliphatic carbocycles. The number of aromatic carboxylic acids is 1. The van der Waals surface area contributed by atoms with Crippen LogP contribution < -0.4 is 0 Å². The van der Waals surface area contributed by atoms with Gasteiger partial charge in [-0.1, -0.05) is 6.92 Å². The van der Waals surface area contributed by atoms with Crippen molar-refractivity contribution >= 4 is 16.9 Å². The standard InChI is InChI=1S/C17H22N2O3/c1-3-18-5-4-15-14(10-18)12-8-11(2)9-13(17(21)22)16(12)19(15)6-7-20/h8-9,20H,3-7,10H2,1-2H3,(H,21,22). The average molecular weight is 302 g/mol. The summed E-state index contributed by atoms with van der Waals surface area (Å²) in [4.78, 5) is 14.0. The zero-order valence-corrected chi connectivity index (χ0v) is 13.1. The number of nitrogens with zero attached hydrogens (tertiary/aromatic N) is 2. The number of hydrogen-bond donors (Lipinski definition) is 2. The summed E-state index contributed by atoms with van der Waals surface area (Å²) in [6, 6.07) is 3.80. The van der Waals surface area contributed by atoms with Gasteiger partial charge in [0.2, 0.25) is 0 Å². The number of aliphatic hydroxyl groups is 1. The number of carbonyl (C=O) groups is 1. The van der Waals surface area contributed by atoms with Crippen molar-refractivity contribution in [2.45, 2.75) is 33.4 Å². The lowest BCUT2D eigenvalue weighted by Crippen LogP contribution is -2.30. The Morgan fingerprint density at radius 1 is 1.36 bits per heavy atom. The normalized spacial score (nSPS) is 15.2. The summed E-state index contributed by atoms with van der Waals surface area (Å²) in [5.74, 6) is -0.907. The fourth-order valence-corrected chi connectivity index (χ4v) is 3.56. The van der Waals surface area contributed by atoms with Crippen LogP contribution in [-0.4, -0.2) is 45.3 Å². The summed E-state index contributed by atoms with van der Waals surface area (Å²) in [5.41, 5.74) is 4.46. The number of aryl methyl sites for hydroxylation is 1. The Bertz CT molecular complexity index is 733. The van der Waals surface area contributed by atoms with Crippen LogP contribution >= 0.6 is 0 Å². The summed E-state index contributed by atoms with van der Waals surface area (Å²) in [6.07, 6.45) is 0.899. The SMILES string of the molecule is CCN1CCc2c(c3cc(C)cc(C(=O)O)c3n2CCO)C1. The largest absolute Gasteiger partial charge is 0.478 e. The van der Waals surface area contributed by atoms with Crippen molar-refractivity contribution in [3.63, 3.8) is 0 Å². The number of carboxylic acids is 1. The van der Waals surface area contributed by atoms with E-state index in [0.29, 0.717) is 12.1 Å². The van der Waals surface area contributed by atoms with Crippen LogP contribution in [0.15, 0.2) is 12.1 Å². The maximum atomic E-state index is 11.7. The third-order valence-corrected chi connectivity index (χ3v) is 4.57. The molecular formula is C17H22N2O3. The first-order valence-electron chi connectivity index (χ1n) is 7.77. The molecule has 1 aliphatic heterocycles. The minimum Gasteiger partial charge on any atom is -0.478 e. The van der Waals surface area contributed by atoms with Crippen molar-refractivity contribution in [2.75, 3.05) is 19.7 Å². The molecule has 118 valence electrons. The molecule has 0 spiro atoms. The van der Waals surface area contributed by atoms with Gasteiger partial charge in [0.25, 0.3) is 0 Å². The van der Waals surface area contributed by atoms with Crippen LogP contribution in [-0.2, 0) is 19.5 Å². The minimum atomic E-state index is -0.907. The molecule has 2 aromatic rings. The summed E-state index contributed by atoms with van der Waals surface area (Å²) in [5, 5.41) is 20.0. The summed E-state index contributed by atoms with van der Waals surface area (Å²) < 4.78 is 2.01. The fourth-order valence-electron chi connectivity index (χ4n) is 3.56. The highest BCUT2D eigenvalue weighted by molar-refractivity contribution is 6.04. The Hall–Kier alpha value is -1.85. The maximum Gasteiger partial charge on any atom is 0.337 e. The quantitative estimate of drug-likeness (QED) is 0.907. The second kappa shape index (κ2) is 5.74. The van der Waals surface area contributed by atoms with Crippen molar-refractivity contribution in [1.29, 1.82) is 0 Å². The van der Waals surface area contributed by atoms with Crippen LogP contribution in [0, 0.1) is 6.92 Å². The number of benzene rings is 1. The molecule has 0 bridgehead atoms. The summed E-state index contributed by atoms with van der Waals surface area (Å²) in [6.45, 7) is 7.36. The van der Waals surface area contributed by atoms with Crippen LogP contribution in [0.5, 0.6) is 0 Å². The lowest BCUT2D eigenvalue weighted by molar-refractivity contribution is 0.0698. The summed E-state index contributed by atoms with van der Waals surface area (Å²) in [7, 11) is 0. The molecule has 22 heavy (non-hydrogen) atoms. The zero-order valence-electron chi connectivity index (χ0n) is 13.1. The van der Waals surface area contributed by atoms with Gasteiger partial charge in [0.15, 0.2) is 0 Å². The van der Waals surface area contributed by atoms with Crippen LogP contribution in [0.1, 0.15) is 34.1 Å². The van der Waals surface area contributed by atoms with Gasteiger partial charge < -0.3 is 14.8 Å². The van der Waals surface area contributed by atoms with Crippen LogP contribution in [0.2, 0.25) is 0 Å². The summed E-state index contributed by atoms with van der Waals surface area (Å²) >= 11 is 0. The number of aromatic nitrogens is 1. The van der Waals surface area contributed by atoms with Crippen LogP contribution in [0.4, 0.5) is 0 Å². The number of hydrogen-bond acceptors (Lipinski definition) is 3. The number of fused-ring (bicyclic) bond motifs is 3. The molecule has 5 nitrogen and oxygen atoms in total. The maximum absolute atomic E-state index is 11.7. The van der Waals surface area contributed by atoms with Gasteiger partial charge in [-0.3, -0.25) is 4.90 Å². The van der Waals surface area contributed by atoms with Gasteiger partial charge in [-0.25, -0.2) is 4.79 Å². The third-order valence-electron chi connectivity index (χ3n) is 4.57. The van der Waals surface area contributed by atoms with E-state index in [1.807, 2.05) is 11.5 Å². The number of carboxylic acid groups (broad SMARTS) is 1. The molecule has 1 aromatic heterocycles. The third kappa shape index (κ3) is 2.30. The van der Waals surface area contributed by atoms with Gasteiger partial charge in [-0.2, -0.15) is 0 Å². The zero-order chi connectivity index (χ0) is 15.9. The monoisotopic (exact) mass is 302 g/mol. The van der Waals surface area contributed by atoms with E-state index in [4.69, 9.17) is 0 Å². The molecule has 3 rings (SSSR count). The van der Waals surface area contributed by atoms with E-state index in [2.05, 4.69) is 17.9 Å². The molecule has 0 atom stereocenters. The molecule has 1 aromatic carbocycles. The number of aliphatic hydroxyl groups excluding tert-OH is 1. The van der Waals surface area contributed by atoms with E-state index in [1.165, 1.54) is 11.3 Å². The predicted octanol–water partition coefficient (Wildman–Crippen LogP) is 2.02. The molecule has 0 fully saturated rings. The molecule has 1 aliphatic rings. The second-order valence-electron chi connectivity index (χ2n) is 5.93. The molecule has 0 radical (unpaired) electrons. The van der Waals surface area contributed by atoms with Crippen molar-refractivity contribution in [3.8, 4) is 0 Å². The highest BCUT2D eigenvalue weighted by Crippen LogP contribution is 2.33. The molecule has 0 saturated carbocycles. The van der Waals surface area contributed by atoms with E-state index in [1.54, 1.807) is 6.07 Å². The van der Waals surface area contributed by atoms with Crippen molar-refractivity contribution < 1.29 is 15.0 Å². The number of likely N-dealkylation sites (N-methyl/N-ethyl adjacent to an activating group) is 1. The van der Waals surface area contributed by atoms with Crippen LogP contribution in [0.25, 0.3) is 10.9 Å². The van der Waals surface area contributed by atoms with Gasteiger partial charge >= 0.3 is 5.97 Å². The van der Waals surface area contributed by atoms with E-state index < -0.39 is 5.97 Å². The van der Waals surface area contributed by atoms with Crippen molar-refractivity contribution in [3.05, 3.63) is 34.5 Å².